The van der Waals surface area contributed by atoms with Gasteiger partial charge in [-0.3, -0.25) is 9.40 Å². The first-order valence-corrected chi connectivity index (χ1v) is 9.78. The summed E-state index contributed by atoms with van der Waals surface area (Å²) in [6, 6.07) is 10.1. The number of ether oxygens (including phenoxy) is 2. The highest BCUT2D eigenvalue weighted by Gasteiger charge is 2.25. The van der Waals surface area contributed by atoms with Crippen LogP contribution in [0.5, 0.6) is 11.5 Å². The van der Waals surface area contributed by atoms with E-state index in [4.69, 9.17) is 9.47 Å². The summed E-state index contributed by atoms with van der Waals surface area (Å²) in [5.41, 5.74) is 0.0692. The molecule has 1 aromatic heterocycles. The van der Waals surface area contributed by atoms with Gasteiger partial charge in [0.1, 0.15) is 18.2 Å². The number of fused-ring (bicyclic) bond motifs is 1. The number of anilines is 1. The number of sulfonamides is 1. The van der Waals surface area contributed by atoms with E-state index in [0.717, 1.165) is 18.2 Å². The van der Waals surface area contributed by atoms with Crippen LogP contribution in [0.4, 0.5) is 14.5 Å². The molecule has 1 aliphatic rings. The second-order valence-electron chi connectivity index (χ2n) is 6.10. The summed E-state index contributed by atoms with van der Waals surface area (Å²) < 4.78 is 67.2. The second-order valence-corrected chi connectivity index (χ2v) is 7.72. The molecule has 2 heterocycles. The Morgan fingerprint density at radius 2 is 1.82 bits per heavy atom. The summed E-state index contributed by atoms with van der Waals surface area (Å²) in [4.78, 5) is -1.04. The molecule has 0 radical (unpaired) electrons. The molecule has 1 unspecified atom stereocenters. The maximum absolute atomic E-state index is 13.8. The molecule has 1 N–H and O–H groups in total. The van der Waals surface area contributed by atoms with Gasteiger partial charge < -0.3 is 9.47 Å². The second kappa shape index (κ2) is 7.12. The van der Waals surface area contributed by atoms with Crippen molar-refractivity contribution in [1.29, 1.82) is 0 Å². The average molecular weight is 407 g/mol. The zero-order chi connectivity index (χ0) is 19.7. The van der Waals surface area contributed by atoms with Gasteiger partial charge in [-0.15, -0.1) is 0 Å². The van der Waals surface area contributed by atoms with Crippen molar-refractivity contribution in [2.45, 2.75) is 17.5 Å². The largest absolute Gasteiger partial charge is 0.486 e. The molecule has 1 aliphatic heterocycles. The first-order valence-electron chi connectivity index (χ1n) is 8.30. The number of rotatable bonds is 5. The lowest BCUT2D eigenvalue weighted by molar-refractivity contribution is 0.0759. The SMILES string of the molecule is O=S(=O)(Nc1cnn(CC2COc3ccccc3O2)c1)c1c(F)cccc1F. The number of aromatic nitrogens is 2. The maximum Gasteiger partial charge on any atom is 0.267 e. The highest BCUT2D eigenvalue weighted by atomic mass is 32.2. The Morgan fingerprint density at radius 1 is 1.11 bits per heavy atom. The quantitative estimate of drug-likeness (QED) is 0.703. The van der Waals surface area contributed by atoms with Crippen LogP contribution in [0, 0.1) is 11.6 Å². The van der Waals surface area contributed by atoms with Crippen molar-refractivity contribution in [1.82, 2.24) is 9.78 Å². The van der Waals surface area contributed by atoms with Crippen molar-refractivity contribution < 1.29 is 26.7 Å². The third kappa shape index (κ3) is 3.63. The zero-order valence-electron chi connectivity index (χ0n) is 14.4. The molecule has 10 heteroatoms. The molecule has 0 amide bonds. The number of hydrogen-bond donors (Lipinski definition) is 1. The molecule has 0 aliphatic carbocycles. The molecule has 146 valence electrons. The van der Waals surface area contributed by atoms with Crippen LogP contribution in [0.15, 0.2) is 59.8 Å². The molecule has 0 saturated heterocycles. The number of halogens is 2. The Bertz CT molecular complexity index is 1100. The number of hydrogen-bond acceptors (Lipinski definition) is 5. The van der Waals surface area contributed by atoms with E-state index in [1.807, 2.05) is 12.1 Å². The monoisotopic (exact) mass is 407 g/mol. The van der Waals surface area contributed by atoms with Crippen LogP contribution in [0.25, 0.3) is 0 Å². The van der Waals surface area contributed by atoms with Gasteiger partial charge in [-0.05, 0) is 24.3 Å². The van der Waals surface area contributed by atoms with E-state index in [1.165, 1.54) is 17.1 Å². The number of para-hydroxylation sites is 2. The summed E-state index contributed by atoms with van der Waals surface area (Å²) >= 11 is 0. The van der Waals surface area contributed by atoms with Crippen LogP contribution in [-0.4, -0.2) is 30.9 Å². The Kier molecular flexibility index (Phi) is 4.63. The summed E-state index contributed by atoms with van der Waals surface area (Å²) in [5, 5.41) is 4.06. The van der Waals surface area contributed by atoms with Crippen LogP contribution in [0.1, 0.15) is 0 Å². The topological polar surface area (TPSA) is 82.5 Å². The van der Waals surface area contributed by atoms with Crippen LogP contribution in [0.3, 0.4) is 0 Å². The van der Waals surface area contributed by atoms with E-state index in [9.17, 15) is 17.2 Å². The van der Waals surface area contributed by atoms with Crippen molar-refractivity contribution in [3.8, 4) is 11.5 Å². The highest BCUT2D eigenvalue weighted by molar-refractivity contribution is 7.92. The van der Waals surface area contributed by atoms with Gasteiger partial charge in [0.2, 0.25) is 0 Å². The van der Waals surface area contributed by atoms with Gasteiger partial charge in [-0.1, -0.05) is 18.2 Å². The summed E-state index contributed by atoms with van der Waals surface area (Å²) in [6.45, 7) is 0.600. The van der Waals surface area contributed by atoms with E-state index >= 15 is 0 Å². The van der Waals surface area contributed by atoms with Gasteiger partial charge in [0.05, 0.1) is 18.4 Å². The summed E-state index contributed by atoms with van der Waals surface area (Å²) in [7, 11) is -4.44. The minimum absolute atomic E-state index is 0.0692. The van der Waals surface area contributed by atoms with E-state index < -0.39 is 26.6 Å². The van der Waals surface area contributed by atoms with Crippen LogP contribution >= 0.6 is 0 Å². The van der Waals surface area contributed by atoms with Crippen molar-refractivity contribution in [2.24, 2.45) is 0 Å². The van der Waals surface area contributed by atoms with Gasteiger partial charge in [-0.2, -0.15) is 5.10 Å². The first kappa shape index (κ1) is 18.2. The van der Waals surface area contributed by atoms with Crippen LogP contribution in [-0.2, 0) is 16.6 Å². The lowest BCUT2D eigenvalue weighted by Crippen LogP contribution is -2.33. The van der Waals surface area contributed by atoms with E-state index in [-0.39, 0.29) is 11.8 Å². The minimum Gasteiger partial charge on any atom is -0.486 e. The third-order valence-corrected chi connectivity index (χ3v) is 5.46. The van der Waals surface area contributed by atoms with Gasteiger partial charge in [0.15, 0.2) is 22.5 Å². The van der Waals surface area contributed by atoms with E-state index in [0.29, 0.717) is 24.7 Å². The molecule has 4 rings (SSSR count). The molecule has 28 heavy (non-hydrogen) atoms. The fourth-order valence-corrected chi connectivity index (χ4v) is 3.99. The molecule has 3 aromatic rings. The van der Waals surface area contributed by atoms with Crippen molar-refractivity contribution >= 4 is 15.7 Å². The van der Waals surface area contributed by atoms with Crippen molar-refractivity contribution in [2.75, 3.05) is 11.3 Å². The Balaban J connectivity index is 1.47. The highest BCUT2D eigenvalue weighted by Crippen LogP contribution is 2.31. The standard InChI is InChI=1S/C18H15F2N3O4S/c19-14-4-3-5-15(20)18(14)28(24,25)22-12-8-21-23(9-12)10-13-11-26-16-6-1-2-7-17(16)27-13/h1-9,13,22H,10-11H2. The normalized spacial score (nSPS) is 16.0. The van der Waals surface area contributed by atoms with Crippen molar-refractivity contribution in [3.63, 3.8) is 0 Å². The van der Waals surface area contributed by atoms with Crippen molar-refractivity contribution in [3.05, 3.63) is 66.5 Å². The predicted molar refractivity (Wildman–Crippen MR) is 95.7 cm³/mol. The molecule has 1 atom stereocenters. The lowest BCUT2D eigenvalue weighted by Gasteiger charge is -2.26. The first-order chi connectivity index (χ1) is 13.4. The maximum atomic E-state index is 13.8. The summed E-state index contributed by atoms with van der Waals surface area (Å²) in [5.74, 6) is -1.08. The van der Waals surface area contributed by atoms with E-state index in [2.05, 4.69) is 9.82 Å². The fraction of sp³-hybridized carbons (Fsp3) is 0.167. The van der Waals surface area contributed by atoms with Gasteiger partial charge in [0.25, 0.3) is 10.0 Å². The van der Waals surface area contributed by atoms with Crippen LogP contribution < -0.4 is 14.2 Å². The Labute approximate surface area is 159 Å². The summed E-state index contributed by atoms with van der Waals surface area (Å²) in [6.07, 6.45) is 2.32. The Morgan fingerprint density at radius 3 is 2.57 bits per heavy atom. The molecule has 0 fully saturated rings. The zero-order valence-corrected chi connectivity index (χ0v) is 15.2. The van der Waals surface area contributed by atoms with Gasteiger partial charge in [-0.25, -0.2) is 17.2 Å². The average Bonchev–Trinajstić information content (AvgIpc) is 3.07. The molecule has 0 saturated carbocycles. The van der Waals surface area contributed by atoms with E-state index in [1.54, 1.807) is 12.1 Å². The fourth-order valence-electron chi connectivity index (χ4n) is 2.82. The smallest absolute Gasteiger partial charge is 0.267 e. The molecule has 0 bridgehead atoms. The minimum atomic E-state index is -4.44. The third-order valence-electron chi connectivity index (χ3n) is 4.03. The molecular weight excluding hydrogens is 392 g/mol. The molecule has 0 spiro atoms. The number of nitrogens with one attached hydrogen (secondary N) is 1. The van der Waals surface area contributed by atoms with Gasteiger partial charge >= 0.3 is 0 Å². The number of benzene rings is 2. The lowest BCUT2D eigenvalue weighted by atomic mass is 10.2. The van der Waals surface area contributed by atoms with Gasteiger partial charge in [0, 0.05) is 6.20 Å². The number of nitrogens with zero attached hydrogens (tertiary/aromatic N) is 2. The molecule has 7 nitrogen and oxygen atoms in total. The Hall–Kier alpha value is -3.14. The van der Waals surface area contributed by atoms with Crippen LogP contribution in [0.2, 0.25) is 0 Å². The molecular formula is C18H15F2N3O4S. The molecule has 2 aromatic carbocycles. The predicted octanol–water partition coefficient (Wildman–Crippen LogP) is 2.80.